The number of aliphatic hydroxyl groups is 1. The van der Waals surface area contributed by atoms with Crippen molar-refractivity contribution in [3.8, 4) is 11.8 Å². The van der Waals surface area contributed by atoms with E-state index in [0.29, 0.717) is 23.6 Å². The van der Waals surface area contributed by atoms with Gasteiger partial charge in [-0.05, 0) is 25.2 Å². The Morgan fingerprint density at radius 1 is 1.26 bits per heavy atom. The summed E-state index contributed by atoms with van der Waals surface area (Å²) < 4.78 is 10.2. The largest absolute Gasteiger partial charge is 0.481 e. The lowest BCUT2D eigenvalue weighted by Gasteiger charge is -2.25. The third kappa shape index (κ3) is 3.96. The van der Waals surface area contributed by atoms with Crippen LogP contribution < -0.4 is 14.8 Å². The number of aromatic nitrogens is 2. The van der Waals surface area contributed by atoms with Gasteiger partial charge in [0.2, 0.25) is 17.7 Å². The van der Waals surface area contributed by atoms with Crippen molar-refractivity contribution in [1.29, 1.82) is 0 Å². The van der Waals surface area contributed by atoms with Crippen molar-refractivity contribution < 1.29 is 14.6 Å². The Morgan fingerprint density at radius 3 is 2.53 bits per heavy atom. The van der Waals surface area contributed by atoms with Gasteiger partial charge in [0.25, 0.3) is 0 Å². The molecule has 1 heterocycles. The smallest absolute Gasteiger partial charge is 0.229 e. The summed E-state index contributed by atoms with van der Waals surface area (Å²) in [5.41, 5.74) is 0. The molecule has 0 saturated heterocycles. The summed E-state index contributed by atoms with van der Waals surface area (Å²) in [7, 11) is 3.12. The van der Waals surface area contributed by atoms with Crippen LogP contribution in [0.15, 0.2) is 6.07 Å². The van der Waals surface area contributed by atoms with Crippen molar-refractivity contribution in [2.75, 3.05) is 26.1 Å². The van der Waals surface area contributed by atoms with E-state index in [2.05, 4.69) is 15.3 Å². The molecule has 6 heteroatoms. The average Bonchev–Trinajstić information content (AvgIpc) is 2.44. The van der Waals surface area contributed by atoms with Crippen molar-refractivity contribution >= 4 is 5.95 Å². The van der Waals surface area contributed by atoms with Crippen LogP contribution in [0.4, 0.5) is 5.95 Å². The van der Waals surface area contributed by atoms with Crippen LogP contribution in [-0.4, -0.2) is 41.9 Å². The van der Waals surface area contributed by atoms with E-state index in [1.165, 1.54) is 0 Å². The third-order valence-electron chi connectivity index (χ3n) is 3.40. The molecule has 1 saturated carbocycles. The molecule has 0 aliphatic heterocycles. The number of anilines is 1. The Hall–Kier alpha value is -1.56. The molecule has 1 fully saturated rings. The summed E-state index contributed by atoms with van der Waals surface area (Å²) >= 11 is 0. The van der Waals surface area contributed by atoms with E-state index in [1.54, 1.807) is 20.3 Å². The number of ether oxygens (including phenoxy) is 2. The topological polar surface area (TPSA) is 76.5 Å². The van der Waals surface area contributed by atoms with Crippen molar-refractivity contribution in [3.05, 3.63) is 6.07 Å². The van der Waals surface area contributed by atoms with Crippen LogP contribution in [0.2, 0.25) is 0 Å². The van der Waals surface area contributed by atoms with Crippen molar-refractivity contribution in [2.24, 2.45) is 5.92 Å². The van der Waals surface area contributed by atoms with Gasteiger partial charge in [0.05, 0.1) is 26.4 Å². The fourth-order valence-corrected chi connectivity index (χ4v) is 2.38. The van der Waals surface area contributed by atoms with E-state index in [9.17, 15) is 5.11 Å². The Balaban J connectivity index is 1.94. The minimum Gasteiger partial charge on any atom is -0.481 e. The van der Waals surface area contributed by atoms with E-state index in [-0.39, 0.29) is 6.10 Å². The molecule has 0 radical (unpaired) electrons. The zero-order chi connectivity index (χ0) is 13.7. The zero-order valence-electron chi connectivity index (χ0n) is 11.4. The molecule has 2 N–H and O–H groups in total. The lowest BCUT2D eigenvalue weighted by molar-refractivity contribution is 0.104. The van der Waals surface area contributed by atoms with Gasteiger partial charge in [0, 0.05) is 6.54 Å². The highest BCUT2D eigenvalue weighted by Gasteiger charge is 2.20. The van der Waals surface area contributed by atoms with Crippen molar-refractivity contribution in [1.82, 2.24) is 9.97 Å². The molecular formula is C13H21N3O3. The molecule has 19 heavy (non-hydrogen) atoms. The first-order valence-corrected chi connectivity index (χ1v) is 6.60. The first-order valence-electron chi connectivity index (χ1n) is 6.60. The summed E-state index contributed by atoms with van der Waals surface area (Å²) in [5, 5.41) is 12.8. The number of hydrogen-bond donors (Lipinski definition) is 2. The molecule has 0 aromatic carbocycles. The molecule has 106 valence electrons. The van der Waals surface area contributed by atoms with Crippen molar-refractivity contribution in [3.63, 3.8) is 0 Å². The second-order valence-corrected chi connectivity index (χ2v) is 4.84. The van der Waals surface area contributed by atoms with E-state index < -0.39 is 0 Å². The van der Waals surface area contributed by atoms with Crippen LogP contribution in [0.5, 0.6) is 11.8 Å². The Morgan fingerprint density at radius 2 is 1.95 bits per heavy atom. The average molecular weight is 267 g/mol. The highest BCUT2D eigenvalue weighted by atomic mass is 16.5. The van der Waals surface area contributed by atoms with Crippen LogP contribution in [0.3, 0.4) is 0 Å². The van der Waals surface area contributed by atoms with E-state index in [1.807, 2.05) is 0 Å². The van der Waals surface area contributed by atoms with Gasteiger partial charge >= 0.3 is 0 Å². The second kappa shape index (κ2) is 6.56. The number of aliphatic hydroxyl groups excluding tert-OH is 1. The molecule has 0 spiro atoms. The lowest BCUT2D eigenvalue weighted by atomic mass is 9.87. The molecule has 1 aromatic rings. The molecule has 0 bridgehead atoms. The van der Waals surface area contributed by atoms with Gasteiger partial charge < -0.3 is 19.9 Å². The van der Waals surface area contributed by atoms with Crippen LogP contribution in [0.25, 0.3) is 0 Å². The fraction of sp³-hybridized carbons (Fsp3) is 0.692. The van der Waals surface area contributed by atoms with Crippen LogP contribution >= 0.6 is 0 Å². The first-order chi connectivity index (χ1) is 9.21. The van der Waals surface area contributed by atoms with Gasteiger partial charge in [0.15, 0.2) is 0 Å². The van der Waals surface area contributed by atoms with E-state index in [0.717, 1.165) is 32.2 Å². The predicted octanol–water partition coefficient (Wildman–Crippen LogP) is 1.46. The molecule has 1 aliphatic rings. The van der Waals surface area contributed by atoms with Gasteiger partial charge in [-0.25, -0.2) is 0 Å². The standard InChI is InChI=1S/C13H21N3O3/c1-18-11-7-12(19-2)16-13(15-11)14-8-9-4-3-5-10(17)6-9/h7,9-10,17H,3-6,8H2,1-2H3,(H,14,15,16). The quantitative estimate of drug-likeness (QED) is 0.841. The van der Waals surface area contributed by atoms with Gasteiger partial charge in [-0.3, -0.25) is 0 Å². The van der Waals surface area contributed by atoms with Gasteiger partial charge in [-0.15, -0.1) is 0 Å². The molecule has 2 atom stereocenters. The van der Waals surface area contributed by atoms with Gasteiger partial charge in [-0.2, -0.15) is 9.97 Å². The molecule has 1 aromatic heterocycles. The zero-order valence-corrected chi connectivity index (χ0v) is 11.4. The normalized spacial score (nSPS) is 22.9. The number of nitrogens with one attached hydrogen (secondary N) is 1. The molecule has 0 amide bonds. The third-order valence-corrected chi connectivity index (χ3v) is 3.40. The Kier molecular flexibility index (Phi) is 4.79. The maximum atomic E-state index is 9.64. The van der Waals surface area contributed by atoms with Crippen LogP contribution in [0, 0.1) is 5.92 Å². The molecule has 2 rings (SSSR count). The minimum atomic E-state index is -0.165. The molecule has 2 unspecified atom stereocenters. The Bertz CT molecular complexity index is 392. The second-order valence-electron chi connectivity index (χ2n) is 4.84. The minimum absolute atomic E-state index is 0.165. The van der Waals surface area contributed by atoms with Crippen LogP contribution in [-0.2, 0) is 0 Å². The predicted molar refractivity (Wildman–Crippen MR) is 71.6 cm³/mol. The maximum Gasteiger partial charge on any atom is 0.229 e. The lowest BCUT2D eigenvalue weighted by Crippen LogP contribution is -2.25. The Labute approximate surface area is 113 Å². The molecule has 1 aliphatic carbocycles. The number of rotatable bonds is 5. The van der Waals surface area contributed by atoms with Crippen LogP contribution in [0.1, 0.15) is 25.7 Å². The van der Waals surface area contributed by atoms with Gasteiger partial charge in [-0.1, -0.05) is 6.42 Å². The first kappa shape index (κ1) is 13.9. The summed E-state index contributed by atoms with van der Waals surface area (Å²) in [6, 6.07) is 1.63. The summed E-state index contributed by atoms with van der Waals surface area (Å²) in [5.74, 6) is 1.90. The summed E-state index contributed by atoms with van der Waals surface area (Å²) in [4.78, 5) is 8.43. The number of hydrogen-bond acceptors (Lipinski definition) is 6. The summed E-state index contributed by atoms with van der Waals surface area (Å²) in [6.45, 7) is 0.757. The fourth-order valence-electron chi connectivity index (χ4n) is 2.38. The maximum absolute atomic E-state index is 9.64. The van der Waals surface area contributed by atoms with Crippen molar-refractivity contribution in [2.45, 2.75) is 31.8 Å². The number of nitrogens with zero attached hydrogens (tertiary/aromatic N) is 2. The highest BCUT2D eigenvalue weighted by Crippen LogP contribution is 2.25. The van der Waals surface area contributed by atoms with E-state index >= 15 is 0 Å². The monoisotopic (exact) mass is 267 g/mol. The highest BCUT2D eigenvalue weighted by molar-refractivity contribution is 5.33. The summed E-state index contributed by atoms with van der Waals surface area (Å²) in [6.07, 6.45) is 3.80. The van der Waals surface area contributed by atoms with Gasteiger partial charge in [0.1, 0.15) is 0 Å². The molecular weight excluding hydrogens is 246 g/mol. The molecule has 6 nitrogen and oxygen atoms in total. The van der Waals surface area contributed by atoms with E-state index in [4.69, 9.17) is 9.47 Å². The SMILES string of the molecule is COc1cc(OC)nc(NCC2CCCC(O)C2)n1. The number of methoxy groups -OCH3 is 2.